The third-order valence-corrected chi connectivity index (χ3v) is 4.45. The molecular formula is C23H25N5O. The molecule has 2 N–H and O–H groups in total. The van der Waals surface area contributed by atoms with E-state index in [4.69, 9.17) is 0 Å². The number of anilines is 2. The molecule has 0 aliphatic rings. The van der Waals surface area contributed by atoms with Crippen LogP contribution >= 0.6 is 0 Å². The first-order valence-corrected chi connectivity index (χ1v) is 9.42. The number of benzene rings is 1. The number of carbonyl (C=O) groups is 1. The van der Waals surface area contributed by atoms with Crippen molar-refractivity contribution in [3.05, 3.63) is 78.1 Å². The molecule has 2 aromatic heterocycles. The highest BCUT2D eigenvalue weighted by molar-refractivity contribution is 5.99. The fourth-order valence-electron chi connectivity index (χ4n) is 2.81. The van der Waals surface area contributed by atoms with E-state index in [-0.39, 0.29) is 5.92 Å². The van der Waals surface area contributed by atoms with Gasteiger partial charge in [-0.1, -0.05) is 50.8 Å². The number of hydrogen-bond donors (Lipinski definition) is 2. The summed E-state index contributed by atoms with van der Waals surface area (Å²) in [7, 11) is 0. The quantitative estimate of drug-likeness (QED) is 0.576. The van der Waals surface area contributed by atoms with Gasteiger partial charge in [-0.25, -0.2) is 14.5 Å². The van der Waals surface area contributed by atoms with E-state index in [1.165, 1.54) is 0 Å². The van der Waals surface area contributed by atoms with Crippen LogP contribution < -0.4 is 10.6 Å². The molecule has 0 atom stereocenters. The smallest absolute Gasteiger partial charge is 0.292 e. The first-order chi connectivity index (χ1) is 13.9. The van der Waals surface area contributed by atoms with Crippen molar-refractivity contribution in [1.29, 1.82) is 0 Å². The molecule has 0 saturated carbocycles. The van der Waals surface area contributed by atoms with Crippen LogP contribution in [-0.4, -0.2) is 20.8 Å². The highest BCUT2D eigenvalue weighted by Crippen LogP contribution is 2.23. The van der Waals surface area contributed by atoms with Crippen molar-refractivity contribution in [3.63, 3.8) is 0 Å². The number of nitrogens with one attached hydrogen (secondary N) is 2. The summed E-state index contributed by atoms with van der Waals surface area (Å²) < 4.78 is 1.73. The maximum absolute atomic E-state index is 12.6. The Labute approximate surface area is 171 Å². The Morgan fingerprint density at radius 1 is 1.07 bits per heavy atom. The molecule has 29 heavy (non-hydrogen) atoms. The molecule has 0 unspecified atom stereocenters. The normalized spacial score (nSPS) is 10.6. The van der Waals surface area contributed by atoms with E-state index in [0.717, 1.165) is 22.5 Å². The van der Waals surface area contributed by atoms with Crippen LogP contribution in [0.3, 0.4) is 0 Å². The lowest BCUT2D eigenvalue weighted by Crippen LogP contribution is -2.22. The summed E-state index contributed by atoms with van der Waals surface area (Å²) in [5, 5.41) is 10.3. The lowest BCUT2D eigenvalue weighted by atomic mass is 10.1. The molecule has 0 bridgehead atoms. The van der Waals surface area contributed by atoms with E-state index in [2.05, 4.69) is 47.7 Å². The van der Waals surface area contributed by atoms with E-state index >= 15 is 0 Å². The van der Waals surface area contributed by atoms with Gasteiger partial charge >= 0.3 is 6.03 Å². The number of nitrogens with zero attached hydrogens (tertiary/aromatic N) is 3. The average Bonchev–Trinajstić information content (AvgIpc) is 3.12. The second-order valence-corrected chi connectivity index (χ2v) is 7.01. The predicted octanol–water partition coefficient (Wildman–Crippen LogP) is 5.63. The van der Waals surface area contributed by atoms with E-state index in [1.807, 2.05) is 43.3 Å². The summed E-state index contributed by atoms with van der Waals surface area (Å²) in [4.78, 5) is 17.0. The number of amides is 2. The van der Waals surface area contributed by atoms with Crippen molar-refractivity contribution >= 4 is 29.8 Å². The number of hydrogen-bond acceptors (Lipinski definition) is 3. The van der Waals surface area contributed by atoms with Gasteiger partial charge in [0, 0.05) is 6.07 Å². The number of pyridine rings is 1. The van der Waals surface area contributed by atoms with Crippen molar-refractivity contribution in [2.24, 2.45) is 0 Å². The van der Waals surface area contributed by atoms with Gasteiger partial charge in [0.15, 0.2) is 0 Å². The predicted molar refractivity (Wildman–Crippen MR) is 119 cm³/mol. The number of aromatic nitrogens is 3. The van der Waals surface area contributed by atoms with Crippen LogP contribution in [0.4, 0.5) is 16.4 Å². The van der Waals surface area contributed by atoms with Gasteiger partial charge in [-0.15, -0.1) is 0 Å². The molecule has 148 valence electrons. The maximum atomic E-state index is 12.6. The molecule has 3 rings (SSSR count). The van der Waals surface area contributed by atoms with Crippen LogP contribution in [0.2, 0.25) is 0 Å². The van der Waals surface area contributed by atoms with Crippen molar-refractivity contribution < 1.29 is 4.79 Å². The highest BCUT2D eigenvalue weighted by atomic mass is 16.2. The molecular weight excluding hydrogens is 362 g/mol. The monoisotopic (exact) mass is 387 g/mol. The van der Waals surface area contributed by atoms with Crippen molar-refractivity contribution in [3.8, 4) is 5.69 Å². The number of urea groups is 1. The summed E-state index contributed by atoms with van der Waals surface area (Å²) in [6, 6.07) is 13.0. The molecule has 1 aromatic carbocycles. The van der Waals surface area contributed by atoms with Crippen LogP contribution in [0.15, 0.2) is 55.6 Å². The summed E-state index contributed by atoms with van der Waals surface area (Å²) in [5.74, 6) is 1.24. The molecule has 0 fully saturated rings. The fourth-order valence-corrected chi connectivity index (χ4v) is 2.81. The maximum Gasteiger partial charge on any atom is 0.326 e. The van der Waals surface area contributed by atoms with Gasteiger partial charge in [-0.05, 0) is 48.7 Å². The zero-order chi connectivity index (χ0) is 21.0. The Hall–Kier alpha value is -3.67. The molecule has 2 heterocycles. The minimum Gasteiger partial charge on any atom is -0.292 e. The molecule has 0 saturated heterocycles. The van der Waals surface area contributed by atoms with Crippen LogP contribution in [0, 0.1) is 6.92 Å². The largest absolute Gasteiger partial charge is 0.326 e. The molecule has 0 spiro atoms. The Balaban J connectivity index is 1.85. The van der Waals surface area contributed by atoms with Gasteiger partial charge in [0.1, 0.15) is 11.6 Å². The van der Waals surface area contributed by atoms with Gasteiger partial charge in [-0.2, -0.15) is 5.10 Å². The molecule has 0 radical (unpaired) electrons. The second kappa shape index (κ2) is 8.56. The molecule has 6 heteroatoms. The number of carbonyl (C=O) groups excluding carboxylic acids is 1. The molecule has 0 aliphatic heterocycles. The third kappa shape index (κ3) is 4.60. The van der Waals surface area contributed by atoms with Gasteiger partial charge in [0.25, 0.3) is 0 Å². The zero-order valence-corrected chi connectivity index (χ0v) is 16.9. The summed E-state index contributed by atoms with van der Waals surface area (Å²) in [5.41, 5.74) is 4.43. The minimum atomic E-state index is -0.401. The molecule has 2 amide bonds. The van der Waals surface area contributed by atoms with Gasteiger partial charge in [0.2, 0.25) is 0 Å². The topological polar surface area (TPSA) is 71.8 Å². The summed E-state index contributed by atoms with van der Waals surface area (Å²) >= 11 is 0. The number of aryl methyl sites for hydroxylation is 1. The Morgan fingerprint density at radius 3 is 2.41 bits per heavy atom. The second-order valence-electron chi connectivity index (χ2n) is 7.01. The standard InChI is InChI=1S/C23H25N5O/c1-6-17-10-13-21(24-19(17)7-2)25-23(29)26-22-14-20(15(3)4)27-28(22)18-11-8-16(5)9-12-18/h6-15H,1-2H2,3-5H3,(H2,24,25,26,29). The first-order valence-electron chi connectivity index (χ1n) is 9.42. The minimum absolute atomic E-state index is 0.230. The fraction of sp³-hybridized carbons (Fsp3) is 0.174. The Bertz CT molecular complexity index is 1050. The van der Waals surface area contributed by atoms with Crippen LogP contribution in [-0.2, 0) is 0 Å². The van der Waals surface area contributed by atoms with E-state index in [0.29, 0.717) is 17.3 Å². The van der Waals surface area contributed by atoms with E-state index in [1.54, 1.807) is 22.9 Å². The van der Waals surface area contributed by atoms with Gasteiger partial charge in [0.05, 0.1) is 17.1 Å². The third-order valence-electron chi connectivity index (χ3n) is 4.45. The van der Waals surface area contributed by atoms with Crippen molar-refractivity contribution in [1.82, 2.24) is 14.8 Å². The van der Waals surface area contributed by atoms with Crippen molar-refractivity contribution in [2.45, 2.75) is 26.7 Å². The Kier molecular flexibility index (Phi) is 5.93. The zero-order valence-electron chi connectivity index (χ0n) is 16.9. The van der Waals surface area contributed by atoms with E-state index in [9.17, 15) is 4.79 Å². The number of rotatable bonds is 6. The molecule has 6 nitrogen and oxygen atoms in total. The van der Waals surface area contributed by atoms with E-state index < -0.39 is 6.03 Å². The van der Waals surface area contributed by atoms with Crippen molar-refractivity contribution in [2.75, 3.05) is 10.6 Å². The van der Waals surface area contributed by atoms with Crippen LogP contribution in [0.1, 0.15) is 42.3 Å². The SMILES string of the molecule is C=Cc1ccc(NC(=O)Nc2cc(C(C)C)nn2-c2ccc(C)cc2)nc1C=C. The lowest BCUT2D eigenvalue weighted by Gasteiger charge is -2.11. The molecule has 0 aliphatic carbocycles. The molecule has 3 aromatic rings. The summed E-state index contributed by atoms with van der Waals surface area (Å²) in [6.07, 6.45) is 3.32. The van der Waals surface area contributed by atoms with Gasteiger partial charge < -0.3 is 0 Å². The van der Waals surface area contributed by atoms with Gasteiger partial charge in [-0.3, -0.25) is 10.6 Å². The lowest BCUT2D eigenvalue weighted by molar-refractivity contribution is 0.262. The highest BCUT2D eigenvalue weighted by Gasteiger charge is 2.15. The Morgan fingerprint density at radius 2 is 1.79 bits per heavy atom. The van der Waals surface area contributed by atoms with Crippen LogP contribution in [0.5, 0.6) is 0 Å². The first kappa shape index (κ1) is 20.1. The summed E-state index contributed by atoms with van der Waals surface area (Å²) in [6.45, 7) is 13.7. The van der Waals surface area contributed by atoms with Crippen LogP contribution in [0.25, 0.3) is 17.8 Å². The average molecular weight is 387 g/mol.